The Balaban J connectivity index is 3.30. The maximum Gasteiger partial charge on any atom is 0.387 e. The zero-order valence-corrected chi connectivity index (χ0v) is 8.60. The van der Waals surface area contributed by atoms with E-state index in [9.17, 15) is 18.0 Å². The first-order chi connectivity index (χ1) is 8.36. The van der Waals surface area contributed by atoms with Crippen molar-refractivity contribution < 1.29 is 32.9 Å². The summed E-state index contributed by atoms with van der Waals surface area (Å²) in [6.07, 6.45) is -2.24. The summed E-state index contributed by atoms with van der Waals surface area (Å²) in [6, 6.07) is 2.48. The fraction of sp³-hybridized carbons (Fsp3) is 0.200. The number of aliphatic carboxylic acids is 1. The number of carbonyl (C=O) groups is 1. The second-order valence-corrected chi connectivity index (χ2v) is 3.10. The molecule has 1 atom stereocenters. The molecule has 1 aromatic carbocycles. The molecule has 0 saturated heterocycles. The highest BCUT2D eigenvalue weighted by molar-refractivity contribution is 5.74. The van der Waals surface area contributed by atoms with Gasteiger partial charge in [-0.2, -0.15) is 14.0 Å². The Hall–Kier alpha value is -2.27. The highest BCUT2D eigenvalue weighted by Crippen LogP contribution is 2.28. The first-order valence-corrected chi connectivity index (χ1v) is 4.46. The second kappa shape index (κ2) is 5.37. The Morgan fingerprint density at radius 1 is 1.44 bits per heavy atom. The summed E-state index contributed by atoms with van der Waals surface area (Å²) >= 11 is 0. The molecule has 0 fully saturated rings. The number of halogens is 3. The van der Waals surface area contributed by atoms with Gasteiger partial charge in [-0.25, -0.2) is 9.18 Å². The van der Waals surface area contributed by atoms with Crippen LogP contribution in [0.2, 0.25) is 0 Å². The standard InChI is InChI=1S/C10H6F3NO4/c11-6-1-4(3-14)7(18-10(12)13)2-5(6)8(15)9(16)17/h1-2,8,10,15H,(H,16,17). The lowest BCUT2D eigenvalue weighted by Gasteiger charge is -2.11. The van der Waals surface area contributed by atoms with E-state index >= 15 is 0 Å². The second-order valence-electron chi connectivity index (χ2n) is 3.10. The average Bonchev–Trinajstić information content (AvgIpc) is 2.29. The third-order valence-corrected chi connectivity index (χ3v) is 1.96. The van der Waals surface area contributed by atoms with Crippen molar-refractivity contribution in [1.82, 2.24) is 0 Å². The Kier molecular flexibility index (Phi) is 4.12. The third-order valence-electron chi connectivity index (χ3n) is 1.96. The van der Waals surface area contributed by atoms with Crippen molar-refractivity contribution in [3.8, 4) is 11.8 Å². The van der Waals surface area contributed by atoms with Crippen molar-refractivity contribution in [3.05, 3.63) is 29.1 Å². The van der Waals surface area contributed by atoms with Crippen LogP contribution in [0.5, 0.6) is 5.75 Å². The smallest absolute Gasteiger partial charge is 0.387 e. The van der Waals surface area contributed by atoms with Crippen molar-refractivity contribution in [3.63, 3.8) is 0 Å². The summed E-state index contributed by atoms with van der Waals surface area (Å²) in [5, 5.41) is 26.2. The zero-order valence-electron chi connectivity index (χ0n) is 8.60. The SMILES string of the molecule is N#Cc1cc(F)c(C(O)C(=O)O)cc1OC(F)F. The number of nitrogens with zero attached hydrogens (tertiary/aromatic N) is 1. The summed E-state index contributed by atoms with van der Waals surface area (Å²) in [5.41, 5.74) is -1.30. The number of ether oxygens (including phenoxy) is 1. The highest BCUT2D eigenvalue weighted by atomic mass is 19.3. The predicted molar refractivity (Wildman–Crippen MR) is 50.3 cm³/mol. The minimum atomic E-state index is -3.27. The Morgan fingerprint density at radius 2 is 2.06 bits per heavy atom. The lowest BCUT2D eigenvalue weighted by Crippen LogP contribution is -2.13. The molecule has 0 saturated carbocycles. The van der Waals surface area contributed by atoms with E-state index in [0.29, 0.717) is 12.1 Å². The molecule has 0 aromatic heterocycles. The number of alkyl halides is 2. The molecular weight excluding hydrogens is 255 g/mol. The van der Waals surface area contributed by atoms with E-state index in [1.165, 1.54) is 6.07 Å². The van der Waals surface area contributed by atoms with Gasteiger partial charge in [0.05, 0.1) is 5.56 Å². The molecule has 0 spiro atoms. The van der Waals surface area contributed by atoms with Gasteiger partial charge in [0.2, 0.25) is 0 Å². The van der Waals surface area contributed by atoms with Crippen molar-refractivity contribution in [2.24, 2.45) is 0 Å². The lowest BCUT2D eigenvalue weighted by atomic mass is 10.1. The Labute approximate surface area is 98.6 Å². The van der Waals surface area contributed by atoms with Crippen LogP contribution in [0.25, 0.3) is 0 Å². The summed E-state index contributed by atoms with van der Waals surface area (Å²) in [6.45, 7) is -3.27. The highest BCUT2D eigenvalue weighted by Gasteiger charge is 2.23. The molecule has 1 aromatic rings. The Morgan fingerprint density at radius 3 is 2.50 bits per heavy atom. The van der Waals surface area contributed by atoms with Gasteiger partial charge in [0.15, 0.2) is 6.10 Å². The molecule has 2 N–H and O–H groups in total. The normalized spacial score (nSPS) is 12.0. The summed E-state index contributed by atoms with van der Waals surface area (Å²) in [5.74, 6) is -3.67. The summed E-state index contributed by atoms with van der Waals surface area (Å²) in [4.78, 5) is 10.5. The van der Waals surface area contributed by atoms with Crippen LogP contribution >= 0.6 is 0 Å². The van der Waals surface area contributed by atoms with E-state index in [1.54, 1.807) is 0 Å². The number of carboxylic acid groups (broad SMARTS) is 1. The Bertz CT molecular complexity index is 513. The number of hydrogen-bond donors (Lipinski definition) is 2. The number of nitriles is 1. The average molecular weight is 261 g/mol. The zero-order chi connectivity index (χ0) is 13.9. The number of rotatable bonds is 4. The van der Waals surface area contributed by atoms with E-state index in [4.69, 9.17) is 15.5 Å². The van der Waals surface area contributed by atoms with Gasteiger partial charge in [0, 0.05) is 5.56 Å². The van der Waals surface area contributed by atoms with Crippen LogP contribution in [-0.4, -0.2) is 22.8 Å². The van der Waals surface area contributed by atoms with Crippen molar-refractivity contribution in [1.29, 1.82) is 5.26 Å². The fourth-order valence-corrected chi connectivity index (χ4v) is 1.19. The minimum absolute atomic E-state index is 0.513. The predicted octanol–water partition coefficient (Wildman–Crippen LogP) is 1.42. The van der Waals surface area contributed by atoms with Gasteiger partial charge < -0.3 is 14.9 Å². The third kappa shape index (κ3) is 2.89. The molecule has 0 radical (unpaired) electrons. The van der Waals surface area contributed by atoms with Gasteiger partial charge in [-0.3, -0.25) is 0 Å². The quantitative estimate of drug-likeness (QED) is 0.855. The molecule has 96 valence electrons. The van der Waals surface area contributed by atoms with Crippen LogP contribution in [0, 0.1) is 17.1 Å². The van der Waals surface area contributed by atoms with E-state index in [-0.39, 0.29) is 0 Å². The lowest BCUT2D eigenvalue weighted by molar-refractivity contribution is -0.147. The molecule has 8 heteroatoms. The van der Waals surface area contributed by atoms with Crippen LogP contribution in [0.4, 0.5) is 13.2 Å². The molecular formula is C10H6F3NO4. The molecule has 0 aliphatic rings. The van der Waals surface area contributed by atoms with Crippen LogP contribution < -0.4 is 4.74 Å². The molecule has 0 bridgehead atoms. The molecule has 0 aliphatic carbocycles. The maximum absolute atomic E-state index is 13.3. The molecule has 5 nitrogen and oxygen atoms in total. The number of aliphatic hydroxyl groups is 1. The minimum Gasteiger partial charge on any atom is -0.479 e. The topological polar surface area (TPSA) is 90.5 Å². The molecule has 18 heavy (non-hydrogen) atoms. The van der Waals surface area contributed by atoms with E-state index in [1.807, 2.05) is 0 Å². The van der Waals surface area contributed by atoms with Crippen molar-refractivity contribution in [2.75, 3.05) is 0 Å². The van der Waals surface area contributed by atoms with E-state index in [0.717, 1.165) is 0 Å². The number of hydrogen-bond acceptors (Lipinski definition) is 4. The van der Waals surface area contributed by atoms with E-state index < -0.39 is 41.4 Å². The first-order valence-electron chi connectivity index (χ1n) is 4.46. The molecule has 0 heterocycles. The van der Waals surface area contributed by atoms with Crippen LogP contribution in [0.15, 0.2) is 12.1 Å². The molecule has 1 rings (SSSR count). The van der Waals surface area contributed by atoms with Gasteiger partial charge in [-0.05, 0) is 12.1 Å². The van der Waals surface area contributed by atoms with Crippen molar-refractivity contribution in [2.45, 2.75) is 12.7 Å². The summed E-state index contributed by atoms with van der Waals surface area (Å²) < 4.78 is 41.3. The monoisotopic (exact) mass is 261 g/mol. The maximum atomic E-state index is 13.3. The van der Waals surface area contributed by atoms with Crippen molar-refractivity contribution >= 4 is 5.97 Å². The van der Waals surface area contributed by atoms with E-state index in [2.05, 4.69) is 4.74 Å². The van der Waals surface area contributed by atoms with Gasteiger partial charge in [-0.15, -0.1) is 0 Å². The summed E-state index contributed by atoms with van der Waals surface area (Å²) in [7, 11) is 0. The molecule has 1 unspecified atom stereocenters. The largest absolute Gasteiger partial charge is 0.479 e. The van der Waals surface area contributed by atoms with Crippen LogP contribution in [0.1, 0.15) is 17.2 Å². The van der Waals surface area contributed by atoms with Crippen LogP contribution in [-0.2, 0) is 4.79 Å². The number of benzene rings is 1. The number of aliphatic hydroxyl groups excluding tert-OH is 1. The van der Waals surface area contributed by atoms with Crippen LogP contribution in [0.3, 0.4) is 0 Å². The van der Waals surface area contributed by atoms with Gasteiger partial charge in [0.1, 0.15) is 17.6 Å². The first kappa shape index (κ1) is 13.8. The van der Waals surface area contributed by atoms with Gasteiger partial charge >= 0.3 is 12.6 Å². The molecule has 0 amide bonds. The van der Waals surface area contributed by atoms with Gasteiger partial charge in [0.25, 0.3) is 0 Å². The fourth-order valence-electron chi connectivity index (χ4n) is 1.19. The number of carboxylic acids is 1. The van der Waals surface area contributed by atoms with Gasteiger partial charge in [-0.1, -0.05) is 0 Å². The molecule has 0 aliphatic heterocycles.